The van der Waals surface area contributed by atoms with E-state index in [2.05, 4.69) is 10.3 Å². The number of carbonyl (C=O) groups is 2. The van der Waals surface area contributed by atoms with E-state index in [0.29, 0.717) is 12.0 Å². The van der Waals surface area contributed by atoms with Gasteiger partial charge in [0, 0.05) is 37.3 Å². The highest BCUT2D eigenvalue weighted by Crippen LogP contribution is 2.36. The number of fused-ring (bicyclic) bond motifs is 2. The molecule has 48 heavy (non-hydrogen) atoms. The van der Waals surface area contributed by atoms with Gasteiger partial charge < -0.3 is 24.8 Å². The molecule has 15 heteroatoms. The number of ether oxygens (including phenoxy) is 2. The van der Waals surface area contributed by atoms with Crippen molar-refractivity contribution in [3.63, 3.8) is 0 Å². The summed E-state index contributed by atoms with van der Waals surface area (Å²) >= 11 is 0. The Morgan fingerprint density at radius 1 is 1.02 bits per heavy atom. The molecule has 2 N–H and O–H groups in total. The Labute approximate surface area is 277 Å². The van der Waals surface area contributed by atoms with Gasteiger partial charge in [0.15, 0.2) is 0 Å². The third-order valence-electron chi connectivity index (χ3n) is 8.75. The summed E-state index contributed by atoms with van der Waals surface area (Å²) in [6.45, 7) is 2.45. The van der Waals surface area contributed by atoms with Crippen molar-refractivity contribution in [1.29, 1.82) is 0 Å². The number of benzene rings is 2. The fraction of sp³-hybridized carbons (Fsp3) is 0.485. The molecular formula is C33H39F3N4O7S. The minimum atomic E-state index is -4.68. The van der Waals surface area contributed by atoms with E-state index in [-0.39, 0.29) is 101 Å². The average molecular weight is 693 g/mol. The fourth-order valence-corrected chi connectivity index (χ4v) is 7.44. The summed E-state index contributed by atoms with van der Waals surface area (Å²) in [7, 11) is -3.73. The van der Waals surface area contributed by atoms with Crippen molar-refractivity contribution in [3.05, 3.63) is 76.4 Å². The molecule has 0 unspecified atom stereocenters. The van der Waals surface area contributed by atoms with Crippen LogP contribution in [-0.2, 0) is 32.2 Å². The molecule has 0 aromatic heterocycles. The zero-order valence-corrected chi connectivity index (χ0v) is 27.4. The number of aryl methyl sites for hydroxylation is 2. The number of amidine groups is 1. The van der Waals surface area contributed by atoms with E-state index < -0.39 is 33.2 Å². The predicted molar refractivity (Wildman–Crippen MR) is 171 cm³/mol. The number of sulfonamides is 1. The smallest absolute Gasteiger partial charge is 0.416 e. The van der Waals surface area contributed by atoms with Gasteiger partial charge in [0.1, 0.15) is 17.1 Å². The molecule has 0 aliphatic carbocycles. The summed E-state index contributed by atoms with van der Waals surface area (Å²) in [6.07, 6.45) is -0.459. The molecule has 0 radical (unpaired) electrons. The van der Waals surface area contributed by atoms with E-state index in [1.807, 2.05) is 0 Å². The van der Waals surface area contributed by atoms with Crippen LogP contribution < -0.4 is 10.1 Å². The number of aliphatic imine (C=N–C) groups is 1. The first-order valence-corrected chi connectivity index (χ1v) is 17.4. The first-order valence-electron chi connectivity index (χ1n) is 15.8. The van der Waals surface area contributed by atoms with Gasteiger partial charge in [0.05, 0.1) is 37.7 Å². The highest BCUT2D eigenvalue weighted by molar-refractivity contribution is 7.89. The lowest BCUT2D eigenvalue weighted by atomic mass is 9.89. The van der Waals surface area contributed by atoms with E-state index in [4.69, 9.17) is 9.47 Å². The van der Waals surface area contributed by atoms with Gasteiger partial charge in [-0.1, -0.05) is 18.2 Å². The van der Waals surface area contributed by atoms with Crippen molar-refractivity contribution in [1.82, 2.24) is 14.5 Å². The molecule has 1 saturated heterocycles. The third-order valence-corrected chi connectivity index (χ3v) is 10.6. The molecule has 2 amide bonds. The molecule has 2 aromatic carbocycles. The molecule has 5 aliphatic rings. The molecule has 2 aromatic rings. The lowest BCUT2D eigenvalue weighted by Gasteiger charge is -2.34. The molecule has 7 rings (SSSR count). The van der Waals surface area contributed by atoms with E-state index in [9.17, 15) is 36.3 Å². The van der Waals surface area contributed by atoms with E-state index in [0.717, 1.165) is 23.3 Å². The number of rotatable bonds is 2. The maximum Gasteiger partial charge on any atom is 0.416 e. The van der Waals surface area contributed by atoms with Crippen molar-refractivity contribution >= 4 is 27.7 Å². The molecule has 1 spiro atoms. The standard InChI is InChI=1S/C33H39F3N4O7S/c1-23-19-25-6-5-24(23)7-18-48(44,45)40-10-8-32(9-11-40)31(43)37-29(38-32)26-20-27(33(34,35)36)22-28(21-26)47-16-4-2-3-15-46-17-13-39(12-14-41)30(25)42/h2-3,5-6,19-22,41H,4,7-18H2,1H3,(H,37,38,43). The first-order chi connectivity index (χ1) is 22.8. The van der Waals surface area contributed by atoms with Gasteiger partial charge in [-0.3, -0.25) is 14.6 Å². The molecule has 5 aliphatic heterocycles. The minimum Gasteiger partial charge on any atom is -0.493 e. The number of aliphatic hydroxyl groups is 1. The Morgan fingerprint density at radius 3 is 2.50 bits per heavy atom. The number of piperidine rings is 1. The van der Waals surface area contributed by atoms with Gasteiger partial charge in [0.25, 0.3) is 11.8 Å². The highest BCUT2D eigenvalue weighted by atomic mass is 32.2. The van der Waals surface area contributed by atoms with Gasteiger partial charge in [-0.15, -0.1) is 0 Å². The second-order valence-electron chi connectivity index (χ2n) is 12.0. The normalized spacial score (nSPS) is 24.1. The van der Waals surface area contributed by atoms with E-state index in [1.165, 1.54) is 15.3 Å². The second kappa shape index (κ2) is 14.8. The van der Waals surface area contributed by atoms with Crippen LogP contribution in [0.1, 0.15) is 51.9 Å². The Morgan fingerprint density at radius 2 is 1.79 bits per heavy atom. The monoisotopic (exact) mass is 692 g/mol. The number of alkyl halides is 3. The van der Waals surface area contributed by atoms with E-state index >= 15 is 0 Å². The van der Waals surface area contributed by atoms with Crippen molar-refractivity contribution in [2.24, 2.45) is 4.99 Å². The summed E-state index contributed by atoms with van der Waals surface area (Å²) < 4.78 is 80.7. The van der Waals surface area contributed by atoms with Gasteiger partial charge in [0.2, 0.25) is 10.0 Å². The molecule has 1 fully saturated rings. The maximum atomic E-state index is 13.8. The fourth-order valence-electron chi connectivity index (χ4n) is 5.96. The Balaban J connectivity index is 1.40. The van der Waals surface area contributed by atoms with E-state index in [1.54, 1.807) is 37.3 Å². The molecule has 5 heterocycles. The van der Waals surface area contributed by atoms with Crippen molar-refractivity contribution in [2.75, 3.05) is 58.4 Å². The number of nitrogens with one attached hydrogen (secondary N) is 1. The number of hydrogen-bond acceptors (Lipinski definition) is 8. The van der Waals surface area contributed by atoms with Crippen LogP contribution in [0.2, 0.25) is 0 Å². The van der Waals surface area contributed by atoms with Crippen LogP contribution in [-0.4, -0.2) is 104 Å². The minimum absolute atomic E-state index is 0.0170. The molecule has 0 saturated carbocycles. The second-order valence-corrected chi connectivity index (χ2v) is 14.1. The van der Waals surface area contributed by atoms with Crippen molar-refractivity contribution < 1.29 is 45.8 Å². The lowest BCUT2D eigenvalue weighted by Crippen LogP contribution is -2.50. The van der Waals surface area contributed by atoms with Gasteiger partial charge in [-0.05, 0) is 74.1 Å². The van der Waals surface area contributed by atoms with Crippen LogP contribution in [0.3, 0.4) is 0 Å². The SMILES string of the molecule is Cc1cc2ccc1CCS(=O)(=O)N1CCC3(CC1)N=C(NC3=O)c1cc(cc(C(F)(F)F)c1)OCCC=CCOCCN(CCO)C2=O. The lowest BCUT2D eigenvalue weighted by molar-refractivity contribution is -0.137. The number of halogens is 3. The number of carbonyl (C=O) groups excluding carboxylic acids is 2. The average Bonchev–Trinajstić information content (AvgIpc) is 3.36. The Hall–Kier alpha value is -3.79. The maximum absolute atomic E-state index is 13.8. The number of nitrogens with zero attached hydrogens (tertiary/aromatic N) is 3. The zero-order valence-electron chi connectivity index (χ0n) is 26.6. The molecule has 260 valence electrons. The largest absolute Gasteiger partial charge is 0.493 e. The molecule has 11 nitrogen and oxygen atoms in total. The number of hydrogen-bond donors (Lipinski definition) is 2. The van der Waals surface area contributed by atoms with Crippen LogP contribution in [0.4, 0.5) is 13.2 Å². The van der Waals surface area contributed by atoms with Crippen LogP contribution in [0, 0.1) is 6.92 Å². The van der Waals surface area contributed by atoms with Crippen molar-refractivity contribution in [3.8, 4) is 5.75 Å². The Kier molecular flexibility index (Phi) is 10.9. The summed E-state index contributed by atoms with van der Waals surface area (Å²) in [5.41, 5.74) is -0.290. The number of aliphatic hydroxyl groups excluding tert-OH is 1. The summed E-state index contributed by atoms with van der Waals surface area (Å²) in [6, 6.07) is 8.27. The molecule has 0 atom stereocenters. The van der Waals surface area contributed by atoms with Gasteiger partial charge in [-0.2, -0.15) is 13.2 Å². The van der Waals surface area contributed by atoms with Gasteiger partial charge in [-0.25, -0.2) is 12.7 Å². The number of amides is 2. The molecular weight excluding hydrogens is 653 g/mol. The highest BCUT2D eigenvalue weighted by Gasteiger charge is 2.47. The van der Waals surface area contributed by atoms with Gasteiger partial charge >= 0.3 is 6.18 Å². The zero-order chi connectivity index (χ0) is 34.5. The van der Waals surface area contributed by atoms with Crippen LogP contribution in [0.25, 0.3) is 0 Å². The van der Waals surface area contributed by atoms with Crippen molar-refractivity contribution in [2.45, 2.75) is 44.3 Å². The first kappa shape index (κ1) is 35.5. The summed E-state index contributed by atoms with van der Waals surface area (Å²) in [5.74, 6) is -1.03. The van der Waals surface area contributed by atoms with Crippen LogP contribution in [0.5, 0.6) is 5.75 Å². The quantitative estimate of drug-likeness (QED) is 0.462. The summed E-state index contributed by atoms with van der Waals surface area (Å²) in [5, 5.41) is 12.1. The molecule has 7 bridgehead atoms. The third kappa shape index (κ3) is 8.25. The van der Waals surface area contributed by atoms with Crippen LogP contribution in [0.15, 0.2) is 53.5 Å². The predicted octanol–water partition coefficient (Wildman–Crippen LogP) is 3.09. The topological polar surface area (TPSA) is 138 Å². The summed E-state index contributed by atoms with van der Waals surface area (Å²) in [4.78, 5) is 32.4. The Bertz CT molecular complexity index is 1690. The van der Waals surface area contributed by atoms with Crippen LogP contribution >= 0.6 is 0 Å².